The maximum absolute atomic E-state index is 13.5. The highest BCUT2D eigenvalue weighted by Gasteiger charge is 2.08. The van der Waals surface area contributed by atoms with Crippen LogP contribution < -0.4 is 0 Å². The van der Waals surface area contributed by atoms with E-state index in [0.717, 1.165) is 5.56 Å². The van der Waals surface area contributed by atoms with Gasteiger partial charge in [-0.2, -0.15) is 0 Å². The Morgan fingerprint density at radius 2 is 2.00 bits per heavy atom. The lowest BCUT2D eigenvalue weighted by molar-refractivity contribution is 0.0696. The fourth-order valence-corrected chi connectivity index (χ4v) is 2.32. The summed E-state index contributed by atoms with van der Waals surface area (Å²) >= 11 is 1.27. The zero-order chi connectivity index (χ0) is 13.0. The highest BCUT2D eigenvalue weighted by Crippen LogP contribution is 2.26. The number of hydrogen-bond donors (Lipinski definition) is 1. The van der Waals surface area contributed by atoms with Crippen LogP contribution in [0, 0.1) is 5.82 Å². The molecule has 1 aromatic carbocycles. The summed E-state index contributed by atoms with van der Waals surface area (Å²) in [6, 6.07) is 7.47. The first-order valence-corrected chi connectivity index (χ1v) is 6.20. The Bertz CT molecular complexity index is 560. The van der Waals surface area contributed by atoms with Gasteiger partial charge in [-0.25, -0.2) is 9.18 Å². The summed E-state index contributed by atoms with van der Waals surface area (Å²) in [5, 5.41) is 8.85. The molecule has 3 nitrogen and oxygen atoms in total. The quantitative estimate of drug-likeness (QED) is 0.860. The van der Waals surface area contributed by atoms with Crippen molar-refractivity contribution in [3.63, 3.8) is 0 Å². The maximum atomic E-state index is 13.5. The molecule has 5 heteroatoms. The number of halogens is 1. The van der Waals surface area contributed by atoms with Gasteiger partial charge in [-0.15, -0.1) is 11.8 Å². The second-order valence-electron chi connectivity index (χ2n) is 3.59. The van der Waals surface area contributed by atoms with Gasteiger partial charge in [0.05, 0.1) is 5.56 Å². The van der Waals surface area contributed by atoms with E-state index in [9.17, 15) is 9.18 Å². The van der Waals surface area contributed by atoms with Crippen molar-refractivity contribution in [2.45, 2.75) is 10.6 Å². The van der Waals surface area contributed by atoms with Gasteiger partial charge in [0.15, 0.2) is 0 Å². The van der Waals surface area contributed by atoms with E-state index < -0.39 is 11.8 Å². The molecule has 0 saturated heterocycles. The van der Waals surface area contributed by atoms with Gasteiger partial charge in [0, 0.05) is 23.0 Å². The van der Waals surface area contributed by atoms with E-state index in [2.05, 4.69) is 4.98 Å². The lowest BCUT2D eigenvalue weighted by atomic mass is 10.2. The third-order valence-electron chi connectivity index (χ3n) is 2.32. The summed E-state index contributed by atoms with van der Waals surface area (Å²) in [5.74, 6) is -0.887. The number of benzene rings is 1. The van der Waals surface area contributed by atoms with Crippen LogP contribution in [0.2, 0.25) is 0 Å². The van der Waals surface area contributed by atoms with E-state index in [4.69, 9.17) is 5.11 Å². The number of carboxylic acids is 1. The molecule has 0 bridgehead atoms. The number of rotatable bonds is 4. The topological polar surface area (TPSA) is 50.2 Å². The van der Waals surface area contributed by atoms with Crippen LogP contribution in [0.25, 0.3) is 0 Å². The molecule has 1 heterocycles. The molecule has 2 aromatic rings. The van der Waals surface area contributed by atoms with Crippen LogP contribution in [0.3, 0.4) is 0 Å². The predicted octanol–water partition coefficient (Wildman–Crippen LogP) is 3.21. The Balaban J connectivity index is 2.14. The molecule has 0 radical (unpaired) electrons. The molecule has 0 unspecified atom stereocenters. The van der Waals surface area contributed by atoms with E-state index in [1.54, 1.807) is 12.4 Å². The van der Waals surface area contributed by atoms with Crippen LogP contribution in [0.5, 0.6) is 0 Å². The molecule has 0 aliphatic rings. The summed E-state index contributed by atoms with van der Waals surface area (Å²) in [7, 11) is 0. The van der Waals surface area contributed by atoms with Crippen molar-refractivity contribution in [1.82, 2.24) is 4.98 Å². The number of aromatic nitrogens is 1. The second-order valence-corrected chi connectivity index (χ2v) is 4.61. The molecule has 0 amide bonds. The van der Waals surface area contributed by atoms with Crippen molar-refractivity contribution in [3.8, 4) is 0 Å². The zero-order valence-electron chi connectivity index (χ0n) is 9.34. The van der Waals surface area contributed by atoms with Crippen molar-refractivity contribution in [3.05, 3.63) is 59.7 Å². The second kappa shape index (κ2) is 5.64. The van der Waals surface area contributed by atoms with Gasteiger partial charge in [-0.1, -0.05) is 0 Å². The van der Waals surface area contributed by atoms with Crippen molar-refractivity contribution in [2.24, 2.45) is 0 Å². The average molecular weight is 263 g/mol. The highest BCUT2D eigenvalue weighted by atomic mass is 32.2. The van der Waals surface area contributed by atoms with Gasteiger partial charge >= 0.3 is 5.97 Å². The van der Waals surface area contributed by atoms with Crippen LogP contribution in [0.4, 0.5) is 4.39 Å². The van der Waals surface area contributed by atoms with E-state index in [1.165, 1.54) is 30.0 Å². The first-order valence-electron chi connectivity index (χ1n) is 5.21. The largest absolute Gasteiger partial charge is 0.478 e. The van der Waals surface area contributed by atoms with Crippen LogP contribution in [-0.2, 0) is 5.75 Å². The third-order valence-corrected chi connectivity index (χ3v) is 3.42. The number of carboxylic acid groups (broad SMARTS) is 1. The monoisotopic (exact) mass is 263 g/mol. The number of thioether (sulfide) groups is 1. The molecule has 0 fully saturated rings. The van der Waals surface area contributed by atoms with Crippen molar-refractivity contribution in [1.29, 1.82) is 0 Å². The molecule has 0 atom stereocenters. The SMILES string of the molecule is O=C(O)c1ccc(F)c(SCc2ccncc2)c1. The van der Waals surface area contributed by atoms with Crippen molar-refractivity contribution < 1.29 is 14.3 Å². The van der Waals surface area contributed by atoms with E-state index in [-0.39, 0.29) is 5.56 Å². The van der Waals surface area contributed by atoms with Gasteiger partial charge in [-0.3, -0.25) is 4.98 Å². The minimum atomic E-state index is -1.05. The molecule has 0 spiro atoms. The molecule has 0 saturated carbocycles. The van der Waals surface area contributed by atoms with Crippen LogP contribution in [0.15, 0.2) is 47.6 Å². The molecule has 18 heavy (non-hydrogen) atoms. The maximum Gasteiger partial charge on any atom is 0.335 e. The lowest BCUT2D eigenvalue weighted by Crippen LogP contribution is -1.97. The van der Waals surface area contributed by atoms with Gasteiger partial charge in [-0.05, 0) is 35.9 Å². The summed E-state index contributed by atoms with van der Waals surface area (Å²) < 4.78 is 13.5. The molecule has 0 aliphatic heterocycles. The van der Waals surface area contributed by atoms with E-state index >= 15 is 0 Å². The molecule has 2 rings (SSSR count). The van der Waals surface area contributed by atoms with Crippen molar-refractivity contribution >= 4 is 17.7 Å². The Labute approximate surface area is 108 Å². The van der Waals surface area contributed by atoms with Crippen LogP contribution >= 0.6 is 11.8 Å². The summed E-state index contributed by atoms with van der Waals surface area (Å²) in [4.78, 5) is 15.0. The fraction of sp³-hybridized carbons (Fsp3) is 0.0769. The van der Waals surface area contributed by atoms with E-state index in [1.807, 2.05) is 12.1 Å². The number of carbonyl (C=O) groups is 1. The highest BCUT2D eigenvalue weighted by molar-refractivity contribution is 7.98. The minimum absolute atomic E-state index is 0.0913. The summed E-state index contributed by atoms with van der Waals surface area (Å²) in [5.41, 5.74) is 1.10. The van der Waals surface area contributed by atoms with E-state index in [0.29, 0.717) is 10.6 Å². The first kappa shape index (κ1) is 12.6. The van der Waals surface area contributed by atoms with Gasteiger partial charge in [0.25, 0.3) is 0 Å². The van der Waals surface area contributed by atoms with Gasteiger partial charge in [0.1, 0.15) is 5.82 Å². The number of aromatic carboxylic acids is 1. The minimum Gasteiger partial charge on any atom is -0.478 e. The summed E-state index contributed by atoms with van der Waals surface area (Å²) in [6.07, 6.45) is 3.33. The van der Waals surface area contributed by atoms with Gasteiger partial charge in [0.2, 0.25) is 0 Å². The molecular weight excluding hydrogens is 253 g/mol. The summed E-state index contributed by atoms with van der Waals surface area (Å²) in [6.45, 7) is 0. The standard InChI is InChI=1S/C13H10FNO2S/c14-11-2-1-10(13(16)17)7-12(11)18-8-9-3-5-15-6-4-9/h1-7H,8H2,(H,16,17). The molecule has 92 valence electrons. The lowest BCUT2D eigenvalue weighted by Gasteiger charge is -2.04. The first-order chi connectivity index (χ1) is 8.66. The number of nitrogens with zero attached hydrogens (tertiary/aromatic N) is 1. The average Bonchev–Trinajstić information content (AvgIpc) is 2.38. The molecule has 1 N–H and O–H groups in total. The Kier molecular flexibility index (Phi) is 3.94. The van der Waals surface area contributed by atoms with Crippen LogP contribution in [-0.4, -0.2) is 16.1 Å². The fourth-order valence-electron chi connectivity index (χ4n) is 1.39. The van der Waals surface area contributed by atoms with Crippen molar-refractivity contribution in [2.75, 3.05) is 0 Å². The Morgan fingerprint density at radius 3 is 2.67 bits per heavy atom. The normalized spacial score (nSPS) is 10.3. The number of hydrogen-bond acceptors (Lipinski definition) is 3. The van der Waals surface area contributed by atoms with Crippen LogP contribution in [0.1, 0.15) is 15.9 Å². The smallest absolute Gasteiger partial charge is 0.335 e. The molecule has 1 aromatic heterocycles. The molecular formula is C13H10FNO2S. The third kappa shape index (κ3) is 3.07. The zero-order valence-corrected chi connectivity index (χ0v) is 10.2. The number of pyridine rings is 1. The Morgan fingerprint density at radius 1 is 1.28 bits per heavy atom. The predicted molar refractivity (Wildman–Crippen MR) is 67.2 cm³/mol. The molecule has 0 aliphatic carbocycles. The van der Waals surface area contributed by atoms with Gasteiger partial charge < -0.3 is 5.11 Å². The Hall–Kier alpha value is -1.88.